The summed E-state index contributed by atoms with van der Waals surface area (Å²) in [6.07, 6.45) is 3.28. The van der Waals surface area contributed by atoms with Crippen molar-refractivity contribution < 1.29 is 9.53 Å². The van der Waals surface area contributed by atoms with Crippen molar-refractivity contribution in [3.8, 4) is 0 Å². The summed E-state index contributed by atoms with van der Waals surface area (Å²) in [5.41, 5.74) is 0.715. The molecule has 0 radical (unpaired) electrons. The number of methoxy groups -OCH3 is 1. The summed E-state index contributed by atoms with van der Waals surface area (Å²) in [5, 5.41) is 3.07. The van der Waals surface area contributed by atoms with E-state index in [1.165, 1.54) is 0 Å². The molecule has 2 rings (SSSR count). The Morgan fingerprint density at radius 3 is 3.00 bits per heavy atom. The van der Waals surface area contributed by atoms with Gasteiger partial charge in [-0.25, -0.2) is 0 Å². The lowest BCUT2D eigenvalue weighted by molar-refractivity contribution is 0.0721. The minimum atomic E-state index is -0.0188. The quantitative estimate of drug-likeness (QED) is 0.757. The first-order valence-electron chi connectivity index (χ1n) is 5.90. The van der Waals surface area contributed by atoms with E-state index in [1.807, 2.05) is 18.2 Å². The Morgan fingerprint density at radius 1 is 1.50 bits per heavy atom. The van der Waals surface area contributed by atoms with Crippen LogP contribution in [0.25, 0.3) is 0 Å². The zero-order valence-electron chi connectivity index (χ0n) is 10.1. The van der Waals surface area contributed by atoms with Crippen LogP contribution in [0.2, 0.25) is 0 Å². The molecular formula is C13H15BrINO2. The molecule has 0 aromatic heterocycles. The van der Waals surface area contributed by atoms with Crippen LogP contribution in [0.5, 0.6) is 0 Å². The van der Waals surface area contributed by atoms with E-state index < -0.39 is 0 Å². The SMILES string of the molecule is COC1CCCC1NC(=O)c1cc(Br)ccc1I. The number of hydrogen-bond donors (Lipinski definition) is 1. The van der Waals surface area contributed by atoms with Crippen LogP contribution in [0.4, 0.5) is 0 Å². The van der Waals surface area contributed by atoms with Gasteiger partial charge in [-0.15, -0.1) is 0 Å². The van der Waals surface area contributed by atoms with E-state index in [-0.39, 0.29) is 18.1 Å². The molecule has 98 valence electrons. The molecule has 1 aromatic rings. The molecule has 0 heterocycles. The molecule has 1 fully saturated rings. The first-order chi connectivity index (χ1) is 8.61. The molecule has 1 N–H and O–H groups in total. The molecule has 1 aromatic carbocycles. The topological polar surface area (TPSA) is 38.3 Å². The molecule has 1 amide bonds. The maximum absolute atomic E-state index is 12.2. The summed E-state index contributed by atoms with van der Waals surface area (Å²) in [4.78, 5) is 12.2. The monoisotopic (exact) mass is 423 g/mol. The van der Waals surface area contributed by atoms with Crippen molar-refractivity contribution in [1.29, 1.82) is 0 Å². The van der Waals surface area contributed by atoms with Gasteiger partial charge in [-0.05, 0) is 60.1 Å². The van der Waals surface area contributed by atoms with Gasteiger partial charge in [0.25, 0.3) is 5.91 Å². The highest BCUT2D eigenvalue weighted by Crippen LogP contribution is 2.23. The van der Waals surface area contributed by atoms with Crippen LogP contribution < -0.4 is 5.32 Å². The molecule has 0 spiro atoms. The van der Waals surface area contributed by atoms with Gasteiger partial charge in [0, 0.05) is 15.2 Å². The van der Waals surface area contributed by atoms with Gasteiger partial charge in [-0.3, -0.25) is 4.79 Å². The summed E-state index contributed by atoms with van der Waals surface area (Å²) in [6.45, 7) is 0. The lowest BCUT2D eigenvalue weighted by Gasteiger charge is -2.20. The second-order valence-corrected chi connectivity index (χ2v) is 6.49. The second kappa shape index (κ2) is 6.34. The van der Waals surface area contributed by atoms with Crippen molar-refractivity contribution >= 4 is 44.4 Å². The highest BCUT2D eigenvalue weighted by Gasteiger charge is 2.29. The van der Waals surface area contributed by atoms with Crippen LogP contribution >= 0.6 is 38.5 Å². The van der Waals surface area contributed by atoms with E-state index in [0.717, 1.165) is 27.3 Å². The minimum absolute atomic E-state index is 0.0188. The fraction of sp³-hybridized carbons (Fsp3) is 0.462. The third-order valence-electron chi connectivity index (χ3n) is 3.24. The summed E-state index contributed by atoms with van der Waals surface area (Å²) in [7, 11) is 1.71. The van der Waals surface area contributed by atoms with E-state index in [2.05, 4.69) is 43.8 Å². The van der Waals surface area contributed by atoms with Gasteiger partial charge in [0.05, 0.1) is 17.7 Å². The number of rotatable bonds is 3. The van der Waals surface area contributed by atoms with Gasteiger partial charge in [0.2, 0.25) is 0 Å². The van der Waals surface area contributed by atoms with Crippen LogP contribution in [0.3, 0.4) is 0 Å². The molecule has 1 aliphatic carbocycles. The zero-order chi connectivity index (χ0) is 13.1. The molecule has 18 heavy (non-hydrogen) atoms. The number of carbonyl (C=O) groups excluding carboxylic acids is 1. The van der Waals surface area contributed by atoms with Crippen LogP contribution in [0.15, 0.2) is 22.7 Å². The number of carbonyl (C=O) groups is 1. The number of benzene rings is 1. The van der Waals surface area contributed by atoms with Crippen molar-refractivity contribution in [3.63, 3.8) is 0 Å². The summed E-state index contributed by atoms with van der Waals surface area (Å²) >= 11 is 5.58. The molecule has 0 bridgehead atoms. The number of nitrogens with one attached hydrogen (secondary N) is 1. The molecule has 3 nitrogen and oxygen atoms in total. The van der Waals surface area contributed by atoms with Gasteiger partial charge in [0.1, 0.15) is 0 Å². The summed E-state index contributed by atoms with van der Waals surface area (Å²) in [5.74, 6) is -0.0188. The van der Waals surface area contributed by atoms with Crippen molar-refractivity contribution in [2.75, 3.05) is 7.11 Å². The Labute approximate surface area is 129 Å². The van der Waals surface area contributed by atoms with Gasteiger partial charge < -0.3 is 10.1 Å². The standard InChI is InChI=1S/C13H15BrINO2/c1-18-12-4-2-3-11(12)16-13(17)9-7-8(14)5-6-10(9)15/h5-7,11-12H,2-4H2,1H3,(H,16,17). The number of halogens is 2. The maximum Gasteiger partial charge on any atom is 0.252 e. The molecule has 2 unspecified atom stereocenters. The van der Waals surface area contributed by atoms with Gasteiger partial charge in [-0.1, -0.05) is 15.9 Å². The fourth-order valence-corrected chi connectivity index (χ4v) is 3.23. The lowest BCUT2D eigenvalue weighted by atomic mass is 10.1. The van der Waals surface area contributed by atoms with Gasteiger partial charge >= 0.3 is 0 Å². The maximum atomic E-state index is 12.2. The average Bonchev–Trinajstić information content (AvgIpc) is 2.79. The Hall–Kier alpha value is -0.140. The molecule has 2 atom stereocenters. The highest BCUT2D eigenvalue weighted by atomic mass is 127. The Balaban J connectivity index is 2.09. The molecule has 5 heteroatoms. The van der Waals surface area contributed by atoms with E-state index in [0.29, 0.717) is 5.56 Å². The second-order valence-electron chi connectivity index (χ2n) is 4.41. The van der Waals surface area contributed by atoms with Crippen LogP contribution in [-0.2, 0) is 4.74 Å². The third-order valence-corrected chi connectivity index (χ3v) is 4.68. The molecular weight excluding hydrogens is 409 g/mol. The smallest absolute Gasteiger partial charge is 0.252 e. The lowest BCUT2D eigenvalue weighted by Crippen LogP contribution is -2.40. The average molecular weight is 424 g/mol. The number of hydrogen-bond acceptors (Lipinski definition) is 2. The first kappa shape index (κ1) is 14.3. The van der Waals surface area contributed by atoms with Crippen molar-refractivity contribution in [2.45, 2.75) is 31.4 Å². The number of ether oxygens (including phenoxy) is 1. The first-order valence-corrected chi connectivity index (χ1v) is 7.77. The van der Waals surface area contributed by atoms with Crippen molar-refractivity contribution in [1.82, 2.24) is 5.32 Å². The van der Waals surface area contributed by atoms with Crippen LogP contribution in [0.1, 0.15) is 29.6 Å². The minimum Gasteiger partial charge on any atom is -0.379 e. The van der Waals surface area contributed by atoms with Crippen molar-refractivity contribution in [3.05, 3.63) is 31.8 Å². The largest absolute Gasteiger partial charge is 0.379 e. The Kier molecular flexibility index (Phi) is 5.03. The van der Waals surface area contributed by atoms with Crippen LogP contribution in [0, 0.1) is 3.57 Å². The highest BCUT2D eigenvalue weighted by molar-refractivity contribution is 14.1. The zero-order valence-corrected chi connectivity index (χ0v) is 13.8. The summed E-state index contributed by atoms with van der Waals surface area (Å²) < 4.78 is 7.27. The Bertz CT molecular complexity index is 453. The van der Waals surface area contributed by atoms with E-state index in [1.54, 1.807) is 7.11 Å². The van der Waals surface area contributed by atoms with E-state index in [4.69, 9.17) is 4.74 Å². The normalized spacial score (nSPS) is 23.1. The number of amides is 1. The third kappa shape index (κ3) is 3.24. The predicted octanol–water partition coefficient (Wildman–Crippen LogP) is 3.35. The Morgan fingerprint density at radius 2 is 2.28 bits per heavy atom. The predicted molar refractivity (Wildman–Crippen MR) is 82.8 cm³/mol. The molecule has 0 aliphatic heterocycles. The van der Waals surface area contributed by atoms with Gasteiger partial charge in [0.15, 0.2) is 0 Å². The van der Waals surface area contributed by atoms with E-state index >= 15 is 0 Å². The van der Waals surface area contributed by atoms with Crippen molar-refractivity contribution in [2.24, 2.45) is 0 Å². The fourth-order valence-electron chi connectivity index (χ4n) is 2.29. The van der Waals surface area contributed by atoms with Crippen LogP contribution in [-0.4, -0.2) is 25.2 Å². The van der Waals surface area contributed by atoms with Gasteiger partial charge in [-0.2, -0.15) is 0 Å². The molecule has 0 saturated heterocycles. The summed E-state index contributed by atoms with van der Waals surface area (Å²) in [6, 6.07) is 5.86. The molecule has 1 aliphatic rings. The molecule has 1 saturated carbocycles. The van der Waals surface area contributed by atoms with E-state index in [9.17, 15) is 4.79 Å².